The zero-order valence-corrected chi connectivity index (χ0v) is 9.56. The van der Waals surface area contributed by atoms with Gasteiger partial charge in [-0.05, 0) is 31.0 Å². The lowest BCUT2D eigenvalue weighted by molar-refractivity contribution is 0.426. The first-order valence-corrected chi connectivity index (χ1v) is 5.47. The molecule has 0 amide bonds. The summed E-state index contributed by atoms with van der Waals surface area (Å²) in [5.41, 5.74) is 6.52. The number of rotatable bonds is 4. The fourth-order valence-electron chi connectivity index (χ4n) is 1.50. The van der Waals surface area contributed by atoms with Crippen LogP contribution in [0, 0.1) is 5.82 Å². The largest absolute Gasteiger partial charge is 0.424 e. The van der Waals surface area contributed by atoms with Crippen LogP contribution in [0.15, 0.2) is 28.7 Å². The van der Waals surface area contributed by atoms with Crippen LogP contribution in [-0.4, -0.2) is 10.2 Å². The van der Waals surface area contributed by atoms with E-state index in [1.807, 2.05) is 6.07 Å². The van der Waals surface area contributed by atoms with Crippen LogP contribution in [0.5, 0.6) is 0 Å². The number of aryl methyl sites for hydroxylation is 2. The van der Waals surface area contributed by atoms with E-state index in [1.165, 1.54) is 12.1 Å². The molecular weight excluding hydrogens is 221 g/mol. The van der Waals surface area contributed by atoms with Crippen molar-refractivity contribution in [2.24, 2.45) is 5.73 Å². The maximum absolute atomic E-state index is 12.9. The monoisotopic (exact) mass is 235 g/mol. The molecule has 0 aliphatic rings. The van der Waals surface area contributed by atoms with Crippen molar-refractivity contribution >= 4 is 0 Å². The minimum Gasteiger partial charge on any atom is -0.424 e. The third-order valence-electron chi connectivity index (χ3n) is 2.39. The van der Waals surface area contributed by atoms with Crippen molar-refractivity contribution in [2.75, 3.05) is 0 Å². The molecule has 0 saturated carbocycles. The predicted molar refractivity (Wildman–Crippen MR) is 60.7 cm³/mol. The van der Waals surface area contributed by atoms with Gasteiger partial charge in [0.1, 0.15) is 5.82 Å². The van der Waals surface area contributed by atoms with Crippen LogP contribution < -0.4 is 5.73 Å². The van der Waals surface area contributed by atoms with Gasteiger partial charge < -0.3 is 10.2 Å². The summed E-state index contributed by atoms with van der Waals surface area (Å²) >= 11 is 0. The smallest absolute Gasteiger partial charge is 0.232 e. The van der Waals surface area contributed by atoms with E-state index in [1.54, 1.807) is 13.0 Å². The van der Waals surface area contributed by atoms with Crippen molar-refractivity contribution in [1.29, 1.82) is 0 Å². The molecule has 2 N–H and O–H groups in total. The van der Waals surface area contributed by atoms with E-state index in [0.29, 0.717) is 24.6 Å². The van der Waals surface area contributed by atoms with Gasteiger partial charge in [-0.3, -0.25) is 0 Å². The normalized spacial score (nSPS) is 12.6. The molecule has 0 radical (unpaired) electrons. The lowest BCUT2D eigenvalue weighted by atomic mass is 10.1. The molecule has 1 unspecified atom stereocenters. The minimum absolute atomic E-state index is 0.232. The lowest BCUT2D eigenvalue weighted by Gasteiger charge is -1.98. The maximum atomic E-state index is 12.9. The van der Waals surface area contributed by atoms with Gasteiger partial charge in [-0.25, -0.2) is 4.39 Å². The number of nitrogens with two attached hydrogens (primary N) is 1. The summed E-state index contributed by atoms with van der Waals surface area (Å²) in [7, 11) is 0. The van der Waals surface area contributed by atoms with Crippen LogP contribution in [0.4, 0.5) is 4.39 Å². The molecule has 5 heteroatoms. The van der Waals surface area contributed by atoms with Gasteiger partial charge in [0.15, 0.2) is 0 Å². The van der Waals surface area contributed by atoms with E-state index in [0.717, 1.165) is 5.56 Å². The van der Waals surface area contributed by atoms with E-state index in [4.69, 9.17) is 10.2 Å². The van der Waals surface area contributed by atoms with Gasteiger partial charge >= 0.3 is 0 Å². The molecule has 1 aromatic carbocycles. The quantitative estimate of drug-likeness (QED) is 0.880. The van der Waals surface area contributed by atoms with Crippen LogP contribution in [0.2, 0.25) is 0 Å². The molecule has 2 rings (SSSR count). The Morgan fingerprint density at radius 1 is 1.35 bits per heavy atom. The second-order valence-corrected chi connectivity index (χ2v) is 3.95. The number of nitrogens with zero attached hydrogens (tertiary/aromatic N) is 2. The highest BCUT2D eigenvalue weighted by Gasteiger charge is 2.09. The fourth-order valence-corrected chi connectivity index (χ4v) is 1.50. The number of hydrogen-bond donors (Lipinski definition) is 1. The number of aromatic nitrogens is 2. The fraction of sp³-hybridized carbons (Fsp3) is 0.333. The van der Waals surface area contributed by atoms with E-state index in [2.05, 4.69) is 10.2 Å². The zero-order chi connectivity index (χ0) is 12.3. The molecule has 0 saturated heterocycles. The van der Waals surface area contributed by atoms with Crippen molar-refractivity contribution in [1.82, 2.24) is 10.2 Å². The lowest BCUT2D eigenvalue weighted by Crippen LogP contribution is -2.04. The summed E-state index contributed by atoms with van der Waals surface area (Å²) < 4.78 is 18.3. The third-order valence-corrected chi connectivity index (χ3v) is 2.39. The molecule has 0 spiro atoms. The van der Waals surface area contributed by atoms with Crippen LogP contribution in [0.3, 0.4) is 0 Å². The second-order valence-electron chi connectivity index (χ2n) is 3.95. The van der Waals surface area contributed by atoms with Gasteiger partial charge in [-0.1, -0.05) is 12.1 Å². The predicted octanol–water partition coefficient (Wildman–Crippen LogP) is 2.01. The van der Waals surface area contributed by atoms with Crippen molar-refractivity contribution in [2.45, 2.75) is 25.8 Å². The topological polar surface area (TPSA) is 64.9 Å². The van der Waals surface area contributed by atoms with Crippen LogP contribution in [-0.2, 0) is 12.8 Å². The molecule has 0 bridgehead atoms. The number of benzene rings is 1. The van der Waals surface area contributed by atoms with Crippen LogP contribution in [0.1, 0.15) is 30.3 Å². The minimum atomic E-state index is -0.259. The molecular formula is C12H14FN3O. The molecule has 1 atom stereocenters. The van der Waals surface area contributed by atoms with Crippen molar-refractivity contribution in [3.63, 3.8) is 0 Å². The molecule has 17 heavy (non-hydrogen) atoms. The first-order chi connectivity index (χ1) is 8.15. The first kappa shape index (κ1) is 11.7. The van der Waals surface area contributed by atoms with Gasteiger partial charge in [0.05, 0.1) is 6.04 Å². The zero-order valence-electron chi connectivity index (χ0n) is 9.56. The van der Waals surface area contributed by atoms with Crippen LogP contribution in [0.25, 0.3) is 0 Å². The van der Waals surface area contributed by atoms with E-state index >= 15 is 0 Å². The van der Waals surface area contributed by atoms with Gasteiger partial charge in [0.2, 0.25) is 11.8 Å². The summed E-state index contributed by atoms with van der Waals surface area (Å²) in [5, 5.41) is 7.71. The Morgan fingerprint density at radius 3 is 2.82 bits per heavy atom. The number of halogens is 1. The van der Waals surface area contributed by atoms with Gasteiger partial charge in [0, 0.05) is 6.42 Å². The highest BCUT2D eigenvalue weighted by Crippen LogP contribution is 2.11. The molecule has 0 aliphatic carbocycles. The van der Waals surface area contributed by atoms with E-state index in [-0.39, 0.29) is 11.9 Å². The summed E-state index contributed by atoms with van der Waals surface area (Å²) in [6.45, 7) is 1.78. The highest BCUT2D eigenvalue weighted by atomic mass is 19.1. The second kappa shape index (κ2) is 5.05. The van der Waals surface area contributed by atoms with Gasteiger partial charge in [0.25, 0.3) is 0 Å². The first-order valence-electron chi connectivity index (χ1n) is 5.47. The third kappa shape index (κ3) is 3.10. The van der Waals surface area contributed by atoms with E-state index in [9.17, 15) is 4.39 Å². The summed E-state index contributed by atoms with van der Waals surface area (Å²) in [6.07, 6.45) is 1.25. The molecule has 0 aliphatic heterocycles. The summed E-state index contributed by atoms with van der Waals surface area (Å²) in [6, 6.07) is 6.22. The summed E-state index contributed by atoms with van der Waals surface area (Å²) in [5.74, 6) is 0.727. The average molecular weight is 235 g/mol. The maximum Gasteiger partial charge on any atom is 0.232 e. The van der Waals surface area contributed by atoms with Gasteiger partial charge in [-0.2, -0.15) is 0 Å². The Morgan fingerprint density at radius 2 is 2.18 bits per heavy atom. The Labute approximate surface area is 98.7 Å². The molecule has 0 fully saturated rings. The van der Waals surface area contributed by atoms with Crippen LogP contribution >= 0.6 is 0 Å². The standard InChI is InChI=1S/C12H14FN3O/c1-8(14)12-16-15-11(17-12)6-5-9-3-2-4-10(13)7-9/h2-4,7-8H,5-6,14H2,1H3. The van der Waals surface area contributed by atoms with E-state index < -0.39 is 0 Å². The van der Waals surface area contributed by atoms with Crippen molar-refractivity contribution in [3.8, 4) is 0 Å². The molecule has 2 aromatic rings. The molecule has 4 nitrogen and oxygen atoms in total. The highest BCUT2D eigenvalue weighted by molar-refractivity contribution is 5.16. The average Bonchev–Trinajstić information content (AvgIpc) is 2.75. The Kier molecular flexibility index (Phi) is 3.49. The van der Waals surface area contributed by atoms with Crippen molar-refractivity contribution in [3.05, 3.63) is 47.4 Å². The SMILES string of the molecule is CC(N)c1nnc(CCc2cccc(F)c2)o1. The van der Waals surface area contributed by atoms with Crippen molar-refractivity contribution < 1.29 is 8.81 Å². The van der Waals surface area contributed by atoms with Gasteiger partial charge in [-0.15, -0.1) is 10.2 Å². The molecule has 1 heterocycles. The Hall–Kier alpha value is -1.75. The summed E-state index contributed by atoms with van der Waals surface area (Å²) in [4.78, 5) is 0. The Balaban J connectivity index is 1.97. The molecule has 1 aromatic heterocycles. The molecule has 90 valence electrons. The number of hydrogen-bond acceptors (Lipinski definition) is 4. The Bertz CT molecular complexity index is 496.